The second kappa shape index (κ2) is 9.15. The molecule has 0 N–H and O–H groups in total. The second-order valence-corrected chi connectivity index (χ2v) is 10.6. The molecule has 0 aromatic heterocycles. The molecule has 4 aromatic rings. The van der Waals surface area contributed by atoms with Gasteiger partial charge in [0.1, 0.15) is 29.3 Å². The Kier molecular flexibility index (Phi) is 6.16. The fraction of sp³-hybridized carbons (Fsp3) is 0.111. The number of para-hydroxylation sites is 1. The Morgan fingerprint density at radius 2 is 1.00 bits per heavy atom. The standard InChI is InChI=1S/C27H26O2P/c1-28-26-20-12-13-22(27(26)29-2)21-30(23-14-6-3-7-15-23,24-16-8-4-9-17-24)25-18-10-5-11-19-25/h3-20H,21H2,1-2H3/q+1. The molecule has 0 saturated heterocycles. The summed E-state index contributed by atoms with van der Waals surface area (Å²) < 4.78 is 11.4. The first kappa shape index (κ1) is 20.2. The van der Waals surface area contributed by atoms with Gasteiger partial charge in [-0.15, -0.1) is 0 Å². The van der Waals surface area contributed by atoms with E-state index in [4.69, 9.17) is 9.47 Å². The van der Waals surface area contributed by atoms with Gasteiger partial charge in [-0.25, -0.2) is 0 Å². The highest BCUT2D eigenvalue weighted by Crippen LogP contribution is 2.59. The highest BCUT2D eigenvalue weighted by atomic mass is 31.2. The predicted molar refractivity (Wildman–Crippen MR) is 128 cm³/mol. The van der Waals surface area contributed by atoms with E-state index in [2.05, 4.69) is 97.1 Å². The SMILES string of the molecule is COc1cccc(C[P+](c2ccccc2)(c2ccccc2)c2ccccc2)c1OC. The van der Waals surface area contributed by atoms with Crippen LogP contribution in [0.15, 0.2) is 109 Å². The summed E-state index contributed by atoms with van der Waals surface area (Å²) in [5, 5.41) is 4.06. The second-order valence-electron chi connectivity index (χ2n) is 7.13. The Balaban J connectivity index is 2.02. The van der Waals surface area contributed by atoms with Crippen molar-refractivity contribution in [2.75, 3.05) is 14.2 Å². The van der Waals surface area contributed by atoms with Crippen molar-refractivity contribution >= 4 is 23.2 Å². The zero-order chi connectivity index (χ0) is 20.8. The van der Waals surface area contributed by atoms with Gasteiger partial charge >= 0.3 is 0 Å². The molecule has 0 heterocycles. The van der Waals surface area contributed by atoms with Crippen molar-refractivity contribution in [3.63, 3.8) is 0 Å². The van der Waals surface area contributed by atoms with Crippen LogP contribution >= 0.6 is 7.26 Å². The summed E-state index contributed by atoms with van der Waals surface area (Å²) in [5.74, 6) is 1.58. The highest BCUT2D eigenvalue weighted by Gasteiger charge is 2.46. The van der Waals surface area contributed by atoms with Crippen LogP contribution in [0.25, 0.3) is 0 Å². The van der Waals surface area contributed by atoms with Gasteiger partial charge < -0.3 is 9.47 Å². The van der Waals surface area contributed by atoms with Crippen LogP contribution in [0.4, 0.5) is 0 Å². The molecule has 0 spiro atoms. The van der Waals surface area contributed by atoms with E-state index < -0.39 is 7.26 Å². The molecule has 4 aromatic carbocycles. The van der Waals surface area contributed by atoms with Gasteiger partial charge in [0.2, 0.25) is 0 Å². The van der Waals surface area contributed by atoms with Gasteiger partial charge in [0.25, 0.3) is 0 Å². The topological polar surface area (TPSA) is 18.5 Å². The van der Waals surface area contributed by atoms with Crippen LogP contribution < -0.4 is 25.4 Å². The molecule has 0 bridgehead atoms. The van der Waals surface area contributed by atoms with E-state index in [1.165, 1.54) is 15.9 Å². The van der Waals surface area contributed by atoms with Crippen LogP contribution in [0, 0.1) is 0 Å². The average Bonchev–Trinajstić information content (AvgIpc) is 2.84. The lowest BCUT2D eigenvalue weighted by atomic mass is 10.2. The van der Waals surface area contributed by atoms with Crippen molar-refractivity contribution in [1.82, 2.24) is 0 Å². The number of benzene rings is 4. The van der Waals surface area contributed by atoms with E-state index in [0.29, 0.717) is 0 Å². The third kappa shape index (κ3) is 3.72. The minimum atomic E-state index is -1.98. The Morgan fingerprint density at radius 3 is 1.40 bits per heavy atom. The molecule has 30 heavy (non-hydrogen) atoms. The fourth-order valence-corrected chi connectivity index (χ4v) is 8.35. The third-order valence-electron chi connectivity index (χ3n) is 5.48. The number of ether oxygens (including phenoxy) is 2. The van der Waals surface area contributed by atoms with Gasteiger partial charge in [-0.1, -0.05) is 66.7 Å². The monoisotopic (exact) mass is 413 g/mol. The van der Waals surface area contributed by atoms with E-state index in [-0.39, 0.29) is 0 Å². The Morgan fingerprint density at radius 1 is 0.533 bits per heavy atom. The molecule has 3 heteroatoms. The zero-order valence-electron chi connectivity index (χ0n) is 17.4. The van der Waals surface area contributed by atoms with Crippen LogP contribution in [-0.4, -0.2) is 14.2 Å². The number of methoxy groups -OCH3 is 2. The molecule has 2 nitrogen and oxygen atoms in total. The van der Waals surface area contributed by atoms with Gasteiger partial charge in [-0.3, -0.25) is 0 Å². The molecule has 0 atom stereocenters. The van der Waals surface area contributed by atoms with E-state index >= 15 is 0 Å². The van der Waals surface area contributed by atoms with Gasteiger partial charge in [0.05, 0.1) is 14.2 Å². The first-order valence-electron chi connectivity index (χ1n) is 10.0. The summed E-state index contributed by atoms with van der Waals surface area (Å²) in [4.78, 5) is 0. The normalized spacial score (nSPS) is 11.1. The molecule has 0 saturated carbocycles. The molecule has 0 aliphatic rings. The average molecular weight is 413 g/mol. The first-order valence-corrected chi connectivity index (χ1v) is 12.0. The van der Waals surface area contributed by atoms with Crippen molar-refractivity contribution in [2.24, 2.45) is 0 Å². The number of rotatable bonds is 7. The van der Waals surface area contributed by atoms with Crippen molar-refractivity contribution < 1.29 is 9.47 Å². The molecule has 0 radical (unpaired) electrons. The van der Waals surface area contributed by atoms with Crippen LogP contribution in [0.5, 0.6) is 11.5 Å². The van der Waals surface area contributed by atoms with E-state index in [1.807, 2.05) is 12.1 Å². The maximum absolute atomic E-state index is 5.81. The Hall–Kier alpha value is -3.09. The molecule has 0 amide bonds. The molecule has 150 valence electrons. The lowest BCUT2D eigenvalue weighted by Crippen LogP contribution is -2.32. The molecule has 0 aliphatic heterocycles. The van der Waals surface area contributed by atoms with Crippen LogP contribution in [0.2, 0.25) is 0 Å². The molecule has 0 aliphatic carbocycles. The third-order valence-corrected chi connectivity index (χ3v) is 9.84. The lowest BCUT2D eigenvalue weighted by molar-refractivity contribution is 0.352. The summed E-state index contributed by atoms with van der Waals surface area (Å²) in [6.45, 7) is 0. The van der Waals surface area contributed by atoms with Crippen LogP contribution in [0.3, 0.4) is 0 Å². The smallest absolute Gasteiger partial charge is 0.167 e. The zero-order valence-corrected chi connectivity index (χ0v) is 18.3. The van der Waals surface area contributed by atoms with Crippen molar-refractivity contribution in [2.45, 2.75) is 6.16 Å². The van der Waals surface area contributed by atoms with Gasteiger partial charge in [0.15, 0.2) is 11.5 Å². The minimum absolute atomic E-state index is 0.766. The van der Waals surface area contributed by atoms with Gasteiger partial charge in [-0.05, 0) is 42.5 Å². The van der Waals surface area contributed by atoms with E-state index in [0.717, 1.165) is 23.2 Å². The maximum Gasteiger partial charge on any atom is 0.167 e. The summed E-state index contributed by atoms with van der Waals surface area (Å²) in [6.07, 6.45) is 0.853. The molecular formula is C27H26O2P+. The molecule has 4 rings (SSSR count). The summed E-state index contributed by atoms with van der Waals surface area (Å²) >= 11 is 0. The quantitative estimate of drug-likeness (QED) is 0.388. The molecular weight excluding hydrogens is 387 g/mol. The highest BCUT2D eigenvalue weighted by molar-refractivity contribution is 7.95. The Bertz CT molecular complexity index is 983. The van der Waals surface area contributed by atoms with Crippen molar-refractivity contribution in [1.29, 1.82) is 0 Å². The summed E-state index contributed by atoms with van der Waals surface area (Å²) in [6, 6.07) is 38.8. The van der Waals surface area contributed by atoms with E-state index in [9.17, 15) is 0 Å². The Labute approximate surface area is 179 Å². The first-order chi connectivity index (χ1) is 14.8. The largest absolute Gasteiger partial charge is 0.493 e. The van der Waals surface area contributed by atoms with Crippen LogP contribution in [0.1, 0.15) is 5.56 Å². The fourth-order valence-electron chi connectivity index (χ4n) is 4.10. The molecule has 0 fully saturated rings. The predicted octanol–water partition coefficient (Wildman–Crippen LogP) is 5.20. The molecule has 0 unspecified atom stereocenters. The summed E-state index contributed by atoms with van der Waals surface area (Å²) in [7, 11) is 1.43. The summed E-state index contributed by atoms with van der Waals surface area (Å²) in [5.41, 5.74) is 1.15. The van der Waals surface area contributed by atoms with E-state index in [1.54, 1.807) is 14.2 Å². The van der Waals surface area contributed by atoms with Crippen molar-refractivity contribution in [3.05, 3.63) is 115 Å². The maximum atomic E-state index is 5.81. The number of hydrogen-bond acceptors (Lipinski definition) is 2. The van der Waals surface area contributed by atoms with Gasteiger partial charge in [0, 0.05) is 5.56 Å². The van der Waals surface area contributed by atoms with Crippen molar-refractivity contribution in [3.8, 4) is 11.5 Å². The van der Waals surface area contributed by atoms with Crippen LogP contribution in [-0.2, 0) is 6.16 Å². The number of hydrogen-bond donors (Lipinski definition) is 0. The lowest BCUT2D eigenvalue weighted by Gasteiger charge is -2.28. The van der Waals surface area contributed by atoms with Gasteiger partial charge in [-0.2, -0.15) is 0 Å². The minimum Gasteiger partial charge on any atom is -0.493 e.